The highest BCUT2D eigenvalue weighted by Crippen LogP contribution is 2.22. The summed E-state index contributed by atoms with van der Waals surface area (Å²) in [7, 11) is 0. The normalized spacial score (nSPS) is 13.9. The highest BCUT2D eigenvalue weighted by atomic mass is 32.1. The van der Waals surface area contributed by atoms with Crippen LogP contribution in [-0.2, 0) is 11.2 Å². The fourth-order valence-electron chi connectivity index (χ4n) is 3.74. The number of aromatic nitrogens is 1. The van der Waals surface area contributed by atoms with E-state index in [-0.39, 0.29) is 0 Å². The van der Waals surface area contributed by atoms with Crippen LogP contribution in [0, 0.1) is 6.92 Å². The molecular formula is C27H32F3N5O3S. The number of ether oxygens (including phenoxy) is 1. The van der Waals surface area contributed by atoms with E-state index in [0.29, 0.717) is 0 Å². The summed E-state index contributed by atoms with van der Waals surface area (Å²) in [4.78, 5) is 20.5. The summed E-state index contributed by atoms with van der Waals surface area (Å²) in [5.74, 6) is -0.418. The molecule has 2 aromatic carbocycles. The maximum atomic E-state index is 10.5. The van der Waals surface area contributed by atoms with Crippen molar-refractivity contribution in [3.63, 3.8) is 0 Å². The van der Waals surface area contributed by atoms with Crippen LogP contribution in [0.5, 0.6) is 11.5 Å². The number of carbonyl (C=O) groups excluding carboxylic acids is 1. The molecule has 39 heavy (non-hydrogen) atoms. The number of guanidine groups is 1. The molecule has 1 saturated heterocycles. The molecular weight excluding hydrogens is 531 g/mol. The first-order chi connectivity index (χ1) is 18.7. The molecule has 0 amide bonds. The van der Waals surface area contributed by atoms with Crippen LogP contribution in [0.1, 0.15) is 23.4 Å². The summed E-state index contributed by atoms with van der Waals surface area (Å²) in [5, 5.41) is 15.8. The molecule has 1 aliphatic rings. The van der Waals surface area contributed by atoms with Crippen LogP contribution in [0.3, 0.4) is 0 Å². The van der Waals surface area contributed by atoms with E-state index >= 15 is 0 Å². The van der Waals surface area contributed by atoms with E-state index in [1.165, 1.54) is 30.8 Å². The molecule has 2 heterocycles. The van der Waals surface area contributed by atoms with Crippen molar-refractivity contribution in [2.75, 3.05) is 38.0 Å². The SMILES string of the molecule is Cc1ncsc1CCNC(Nc1ccc(Oc2ccccc2)cc1)=[NH+]CCN1CCCC1.O=C([O-])C(F)(F)F. The van der Waals surface area contributed by atoms with E-state index < -0.39 is 12.1 Å². The van der Waals surface area contributed by atoms with Crippen molar-refractivity contribution in [3.05, 3.63) is 70.7 Å². The van der Waals surface area contributed by atoms with Gasteiger partial charge in [-0.2, -0.15) is 13.2 Å². The minimum atomic E-state index is -5.19. The average Bonchev–Trinajstić information content (AvgIpc) is 3.57. The fraction of sp³-hybridized carbons (Fsp3) is 0.370. The number of carboxylic acid groups (broad SMARTS) is 1. The largest absolute Gasteiger partial charge is 0.542 e. The Morgan fingerprint density at radius 1 is 1.10 bits per heavy atom. The van der Waals surface area contributed by atoms with Gasteiger partial charge in [0.1, 0.15) is 17.5 Å². The van der Waals surface area contributed by atoms with Crippen molar-refractivity contribution in [2.45, 2.75) is 32.4 Å². The van der Waals surface area contributed by atoms with Crippen molar-refractivity contribution in [3.8, 4) is 11.5 Å². The quantitative estimate of drug-likeness (QED) is 0.271. The number of alkyl halides is 3. The molecule has 0 radical (unpaired) electrons. The maximum Gasteiger partial charge on any atom is 0.430 e. The molecule has 0 aliphatic carbocycles. The average molecular weight is 564 g/mol. The molecule has 0 saturated carbocycles. The number of hydrogen-bond acceptors (Lipinski definition) is 6. The molecule has 0 unspecified atom stereocenters. The predicted molar refractivity (Wildman–Crippen MR) is 143 cm³/mol. The van der Waals surface area contributed by atoms with E-state index in [2.05, 4.69) is 32.4 Å². The van der Waals surface area contributed by atoms with Gasteiger partial charge < -0.3 is 19.5 Å². The highest BCUT2D eigenvalue weighted by Gasteiger charge is 2.28. The first kappa shape index (κ1) is 29.9. The minimum absolute atomic E-state index is 0.818. The Morgan fingerprint density at radius 3 is 2.33 bits per heavy atom. The number of likely N-dealkylation sites (tertiary alicyclic amines) is 1. The molecule has 0 spiro atoms. The van der Waals surface area contributed by atoms with Gasteiger partial charge in [-0.3, -0.25) is 10.3 Å². The summed E-state index contributed by atoms with van der Waals surface area (Å²) in [6.07, 6.45) is -1.60. The number of para-hydroxylation sites is 1. The molecule has 1 aliphatic heterocycles. The molecule has 3 aromatic rings. The minimum Gasteiger partial charge on any atom is -0.542 e. The summed E-state index contributed by atoms with van der Waals surface area (Å²) < 4.78 is 37.5. The van der Waals surface area contributed by atoms with Gasteiger partial charge in [-0.25, -0.2) is 10.3 Å². The number of rotatable bonds is 9. The Morgan fingerprint density at radius 2 is 1.74 bits per heavy atom. The summed E-state index contributed by atoms with van der Waals surface area (Å²) >= 11 is 1.72. The number of hydrogen-bond donors (Lipinski definition) is 3. The molecule has 1 aromatic heterocycles. The van der Waals surface area contributed by atoms with E-state index in [9.17, 15) is 13.2 Å². The van der Waals surface area contributed by atoms with Gasteiger partial charge in [-0.15, -0.1) is 11.3 Å². The van der Waals surface area contributed by atoms with Crippen LogP contribution in [0.25, 0.3) is 0 Å². The monoisotopic (exact) mass is 563 g/mol. The second-order valence-electron chi connectivity index (χ2n) is 8.74. The number of anilines is 1. The second kappa shape index (κ2) is 15.1. The highest BCUT2D eigenvalue weighted by molar-refractivity contribution is 7.09. The van der Waals surface area contributed by atoms with E-state index in [4.69, 9.17) is 14.6 Å². The Hall–Kier alpha value is -3.64. The molecule has 0 atom stereocenters. The zero-order valence-corrected chi connectivity index (χ0v) is 22.4. The van der Waals surface area contributed by atoms with Gasteiger partial charge in [-0.05, 0) is 69.3 Å². The number of thiazole rings is 1. The number of nitrogens with zero attached hydrogens (tertiary/aromatic N) is 2. The second-order valence-corrected chi connectivity index (χ2v) is 9.68. The van der Waals surface area contributed by atoms with E-state index in [1.54, 1.807) is 11.3 Å². The zero-order chi connectivity index (χ0) is 28.1. The lowest BCUT2D eigenvalue weighted by atomic mass is 10.3. The third-order valence-electron chi connectivity index (χ3n) is 5.76. The predicted octanol–water partition coefficient (Wildman–Crippen LogP) is 2.32. The standard InChI is InChI=1S/C25H31N5OS.C2HF3O2/c1-20-24(32-19-28-20)13-14-26-25(27-15-18-30-16-5-6-17-30)29-21-9-11-23(12-10-21)31-22-7-3-2-4-8-22;3-2(4,5)1(6)7/h2-4,7-12,19H,5-6,13-18H2,1H3,(H2,26,27,29);(H,6,7). The van der Waals surface area contributed by atoms with Gasteiger partial charge >= 0.3 is 12.1 Å². The molecule has 8 nitrogen and oxygen atoms in total. The molecule has 3 N–H and O–H groups in total. The Kier molecular flexibility index (Phi) is 11.6. The van der Waals surface area contributed by atoms with Gasteiger partial charge in [0, 0.05) is 17.8 Å². The zero-order valence-electron chi connectivity index (χ0n) is 21.6. The number of nitrogens with one attached hydrogen (secondary N) is 3. The third kappa shape index (κ3) is 10.9. The summed E-state index contributed by atoms with van der Waals surface area (Å²) in [6.45, 7) is 7.31. The maximum absolute atomic E-state index is 10.5. The Bertz CT molecular complexity index is 1180. The van der Waals surface area contributed by atoms with Crippen LogP contribution >= 0.6 is 11.3 Å². The van der Waals surface area contributed by atoms with E-state index in [0.717, 1.165) is 54.9 Å². The number of halogens is 3. The molecule has 4 rings (SSSR count). The molecule has 0 bridgehead atoms. The van der Waals surface area contributed by atoms with Gasteiger partial charge in [-0.1, -0.05) is 18.2 Å². The van der Waals surface area contributed by atoms with Gasteiger partial charge in [0.2, 0.25) is 0 Å². The van der Waals surface area contributed by atoms with Crippen LogP contribution in [-0.4, -0.2) is 60.7 Å². The first-order valence-corrected chi connectivity index (χ1v) is 13.4. The number of aliphatic carboxylic acids is 1. The van der Waals surface area contributed by atoms with Crippen molar-refractivity contribution >= 4 is 29.0 Å². The van der Waals surface area contributed by atoms with Crippen LogP contribution in [0.2, 0.25) is 0 Å². The van der Waals surface area contributed by atoms with Crippen molar-refractivity contribution in [1.82, 2.24) is 15.2 Å². The van der Waals surface area contributed by atoms with Crippen molar-refractivity contribution in [2.24, 2.45) is 0 Å². The summed E-state index contributed by atoms with van der Waals surface area (Å²) in [6, 6.07) is 17.9. The number of carboxylic acids is 1. The van der Waals surface area contributed by atoms with Crippen LogP contribution < -0.4 is 25.5 Å². The topological polar surface area (TPSA) is 104 Å². The number of benzene rings is 2. The fourth-order valence-corrected chi connectivity index (χ4v) is 4.52. The van der Waals surface area contributed by atoms with Gasteiger partial charge in [0.05, 0.1) is 30.0 Å². The van der Waals surface area contributed by atoms with Gasteiger partial charge in [0.25, 0.3) is 0 Å². The molecule has 12 heteroatoms. The number of carbonyl (C=O) groups is 1. The van der Waals surface area contributed by atoms with Crippen molar-refractivity contribution in [1.29, 1.82) is 0 Å². The third-order valence-corrected chi connectivity index (χ3v) is 6.76. The number of aryl methyl sites for hydroxylation is 1. The lowest BCUT2D eigenvalue weighted by Crippen LogP contribution is -2.79. The molecule has 210 valence electrons. The van der Waals surface area contributed by atoms with Crippen LogP contribution in [0.4, 0.5) is 18.9 Å². The van der Waals surface area contributed by atoms with E-state index in [1.807, 2.05) is 60.1 Å². The lowest BCUT2D eigenvalue weighted by Gasteiger charge is -2.12. The first-order valence-electron chi connectivity index (χ1n) is 12.5. The smallest absolute Gasteiger partial charge is 0.430 e. The molecule has 1 fully saturated rings. The lowest BCUT2D eigenvalue weighted by molar-refractivity contribution is -0.459. The summed E-state index contributed by atoms with van der Waals surface area (Å²) in [5.41, 5.74) is 4.05. The Balaban J connectivity index is 0.000000532. The Labute approximate surface area is 229 Å². The van der Waals surface area contributed by atoms with Gasteiger partial charge in [0.15, 0.2) is 0 Å². The van der Waals surface area contributed by atoms with Crippen LogP contribution in [0.15, 0.2) is 60.1 Å². The van der Waals surface area contributed by atoms with Crippen molar-refractivity contribution < 1.29 is 32.8 Å².